The molecule has 1 aromatic rings. The van der Waals surface area contributed by atoms with Crippen molar-refractivity contribution in [1.82, 2.24) is 4.57 Å². The van der Waals surface area contributed by atoms with E-state index in [1.165, 1.54) is 16.7 Å². The molecule has 0 aliphatic rings. The van der Waals surface area contributed by atoms with Gasteiger partial charge in [-0.3, -0.25) is 4.79 Å². The van der Waals surface area contributed by atoms with Crippen LogP contribution in [0.3, 0.4) is 0 Å². The Morgan fingerprint density at radius 3 is 2.64 bits per heavy atom. The number of rotatable bonds is 1. The highest BCUT2D eigenvalue weighted by Crippen LogP contribution is 1.99. The van der Waals surface area contributed by atoms with Gasteiger partial charge < -0.3 is 4.57 Å². The molecule has 0 radical (unpaired) electrons. The zero-order valence-corrected chi connectivity index (χ0v) is 6.54. The topological polar surface area (TPSA) is 22.0 Å². The first-order chi connectivity index (χ1) is 5.13. The Bertz CT molecular complexity index is 303. The van der Waals surface area contributed by atoms with Crippen molar-refractivity contribution in [3.63, 3.8) is 0 Å². The van der Waals surface area contributed by atoms with E-state index in [-0.39, 0.29) is 6.04 Å². The lowest BCUT2D eigenvalue weighted by Gasteiger charge is -2.07. The van der Waals surface area contributed by atoms with Crippen LogP contribution >= 0.6 is 0 Å². The normalized spacial score (nSPS) is 10.5. The summed E-state index contributed by atoms with van der Waals surface area (Å²) in [4.78, 5) is 11.0. The molecule has 2 nitrogen and oxygen atoms in total. The Hall–Kier alpha value is -1.12. The van der Waals surface area contributed by atoms with E-state index < -0.39 is 11.4 Å². The van der Waals surface area contributed by atoms with Gasteiger partial charge in [0.05, 0.1) is 0 Å². The molecule has 1 heterocycles. The third-order valence-corrected chi connectivity index (χ3v) is 1.48. The molecule has 0 atom stereocenters. The number of aromatic nitrogens is 1. The second kappa shape index (κ2) is 2.86. The van der Waals surface area contributed by atoms with Crippen molar-refractivity contribution in [2.45, 2.75) is 19.9 Å². The molecule has 1 aromatic heterocycles. The molecule has 0 saturated carbocycles. The van der Waals surface area contributed by atoms with Crippen LogP contribution in [0.15, 0.2) is 23.1 Å². The highest BCUT2D eigenvalue weighted by Gasteiger charge is 2.03. The third-order valence-electron chi connectivity index (χ3n) is 1.48. The molecular formula is C8H10FNO. The summed E-state index contributed by atoms with van der Waals surface area (Å²) in [5, 5.41) is 0. The van der Waals surface area contributed by atoms with E-state index in [9.17, 15) is 9.18 Å². The van der Waals surface area contributed by atoms with Gasteiger partial charge in [0.1, 0.15) is 0 Å². The Morgan fingerprint density at radius 2 is 2.18 bits per heavy atom. The lowest BCUT2D eigenvalue weighted by Crippen LogP contribution is -2.23. The van der Waals surface area contributed by atoms with E-state index in [0.29, 0.717) is 0 Å². The summed E-state index contributed by atoms with van der Waals surface area (Å²) in [5.41, 5.74) is -0.553. The van der Waals surface area contributed by atoms with Crippen LogP contribution in [-0.2, 0) is 0 Å². The first-order valence-electron chi connectivity index (χ1n) is 3.49. The van der Waals surface area contributed by atoms with Crippen LogP contribution in [0.25, 0.3) is 0 Å². The molecule has 0 unspecified atom stereocenters. The van der Waals surface area contributed by atoms with E-state index in [2.05, 4.69) is 0 Å². The average molecular weight is 155 g/mol. The maximum Gasteiger partial charge on any atom is 0.286 e. The predicted octanol–water partition coefficient (Wildman–Crippen LogP) is 1.57. The van der Waals surface area contributed by atoms with Crippen LogP contribution in [-0.4, -0.2) is 4.57 Å². The first kappa shape index (κ1) is 7.98. The minimum absolute atomic E-state index is 0.0122. The summed E-state index contributed by atoms with van der Waals surface area (Å²) in [6.45, 7) is 3.67. The number of hydrogen-bond acceptors (Lipinski definition) is 1. The van der Waals surface area contributed by atoms with Crippen molar-refractivity contribution in [2.75, 3.05) is 0 Å². The molecule has 0 aliphatic carbocycles. The molecule has 0 spiro atoms. The lowest BCUT2D eigenvalue weighted by molar-refractivity contribution is 0.526. The SMILES string of the molecule is CC(C)n1cccc(F)c1=O. The van der Waals surface area contributed by atoms with Crippen molar-refractivity contribution < 1.29 is 4.39 Å². The van der Waals surface area contributed by atoms with Crippen LogP contribution in [0.2, 0.25) is 0 Å². The fraction of sp³-hybridized carbons (Fsp3) is 0.375. The standard InChI is InChI=1S/C8H10FNO/c1-6(2)10-5-3-4-7(9)8(10)11/h3-6H,1-2H3. The van der Waals surface area contributed by atoms with Crippen LogP contribution in [0.1, 0.15) is 19.9 Å². The molecule has 3 heteroatoms. The maximum absolute atomic E-state index is 12.6. The molecule has 0 aromatic carbocycles. The Kier molecular flexibility index (Phi) is 2.08. The largest absolute Gasteiger partial charge is 0.311 e. The van der Waals surface area contributed by atoms with E-state index in [4.69, 9.17) is 0 Å². The van der Waals surface area contributed by atoms with Gasteiger partial charge in [0.2, 0.25) is 0 Å². The van der Waals surface area contributed by atoms with E-state index in [1.54, 1.807) is 6.20 Å². The van der Waals surface area contributed by atoms with Gasteiger partial charge in [-0.05, 0) is 26.0 Å². The fourth-order valence-corrected chi connectivity index (χ4v) is 0.889. The monoisotopic (exact) mass is 155 g/mol. The number of nitrogens with zero attached hydrogens (tertiary/aromatic N) is 1. The van der Waals surface area contributed by atoms with Gasteiger partial charge in [-0.25, -0.2) is 4.39 Å². The number of pyridine rings is 1. The molecule has 0 N–H and O–H groups in total. The number of hydrogen-bond donors (Lipinski definition) is 0. The van der Waals surface area contributed by atoms with Gasteiger partial charge in [-0.2, -0.15) is 0 Å². The van der Waals surface area contributed by atoms with Crippen molar-refractivity contribution in [3.05, 3.63) is 34.5 Å². The van der Waals surface area contributed by atoms with Gasteiger partial charge in [0.15, 0.2) is 5.82 Å². The van der Waals surface area contributed by atoms with Crippen molar-refractivity contribution in [1.29, 1.82) is 0 Å². The molecular weight excluding hydrogens is 145 g/mol. The Morgan fingerprint density at radius 1 is 1.55 bits per heavy atom. The summed E-state index contributed by atoms with van der Waals surface area (Å²) >= 11 is 0. The van der Waals surface area contributed by atoms with Gasteiger partial charge in [-0.15, -0.1) is 0 Å². The predicted molar refractivity (Wildman–Crippen MR) is 41.0 cm³/mol. The molecule has 0 saturated heterocycles. The maximum atomic E-state index is 12.6. The fourth-order valence-electron chi connectivity index (χ4n) is 0.889. The summed E-state index contributed by atoms with van der Waals surface area (Å²) < 4.78 is 14.0. The van der Waals surface area contributed by atoms with Crippen molar-refractivity contribution >= 4 is 0 Å². The second-order valence-electron chi connectivity index (χ2n) is 2.66. The van der Waals surface area contributed by atoms with Crippen LogP contribution in [0.5, 0.6) is 0 Å². The van der Waals surface area contributed by atoms with Gasteiger partial charge in [0, 0.05) is 12.2 Å². The minimum Gasteiger partial charge on any atom is -0.311 e. The van der Waals surface area contributed by atoms with Crippen LogP contribution in [0, 0.1) is 5.82 Å². The third kappa shape index (κ3) is 1.48. The van der Waals surface area contributed by atoms with Crippen LogP contribution in [0.4, 0.5) is 4.39 Å². The van der Waals surface area contributed by atoms with E-state index >= 15 is 0 Å². The summed E-state index contributed by atoms with van der Waals surface area (Å²) in [6, 6.07) is 2.70. The van der Waals surface area contributed by atoms with E-state index in [1.807, 2.05) is 13.8 Å². The van der Waals surface area contributed by atoms with Gasteiger partial charge >= 0.3 is 0 Å². The van der Waals surface area contributed by atoms with Gasteiger partial charge in [0.25, 0.3) is 5.56 Å². The Balaban J connectivity index is 3.28. The summed E-state index contributed by atoms with van der Waals surface area (Å²) in [5.74, 6) is -0.693. The summed E-state index contributed by atoms with van der Waals surface area (Å²) in [6.07, 6.45) is 1.58. The summed E-state index contributed by atoms with van der Waals surface area (Å²) in [7, 11) is 0. The average Bonchev–Trinajstić information content (AvgIpc) is 1.94. The number of halogens is 1. The zero-order chi connectivity index (χ0) is 8.43. The van der Waals surface area contributed by atoms with E-state index in [0.717, 1.165) is 0 Å². The minimum atomic E-state index is -0.693. The lowest BCUT2D eigenvalue weighted by atomic mass is 10.3. The highest BCUT2D eigenvalue weighted by atomic mass is 19.1. The van der Waals surface area contributed by atoms with Gasteiger partial charge in [-0.1, -0.05) is 0 Å². The first-order valence-corrected chi connectivity index (χ1v) is 3.49. The molecule has 0 bridgehead atoms. The van der Waals surface area contributed by atoms with Crippen LogP contribution < -0.4 is 5.56 Å². The quantitative estimate of drug-likeness (QED) is 0.603. The molecule has 0 aliphatic heterocycles. The molecule has 60 valence electrons. The zero-order valence-electron chi connectivity index (χ0n) is 6.54. The molecule has 0 fully saturated rings. The highest BCUT2D eigenvalue weighted by molar-refractivity contribution is 4.97. The Labute approximate surface area is 64.3 Å². The smallest absolute Gasteiger partial charge is 0.286 e. The second-order valence-corrected chi connectivity index (χ2v) is 2.66. The van der Waals surface area contributed by atoms with Crippen molar-refractivity contribution in [2.24, 2.45) is 0 Å². The molecule has 11 heavy (non-hydrogen) atoms. The molecule has 0 amide bonds. The molecule has 1 rings (SSSR count). The van der Waals surface area contributed by atoms with Crippen molar-refractivity contribution in [3.8, 4) is 0 Å².